The normalized spacial score (nSPS) is 45.5. The minimum Gasteiger partial charge on any atom is -0.459 e. The zero-order chi connectivity index (χ0) is 23.0. The molecule has 8 atom stereocenters. The lowest BCUT2D eigenvalue weighted by atomic mass is 9.44. The van der Waals surface area contributed by atoms with Crippen molar-refractivity contribution in [2.45, 2.75) is 80.5 Å². The first-order valence-corrected chi connectivity index (χ1v) is 14.5. The zero-order valence-electron chi connectivity index (χ0n) is 19.4. The molecular weight excluding hydrogens is 544 g/mol. The van der Waals surface area contributed by atoms with Crippen molar-refractivity contribution in [2.24, 2.45) is 40.4 Å². The van der Waals surface area contributed by atoms with E-state index in [1.165, 1.54) is 32.1 Å². The minimum atomic E-state index is -0.488. The Hall–Kier alpha value is -0.680. The Morgan fingerprint density at radius 1 is 0.970 bits per heavy atom. The highest BCUT2D eigenvalue weighted by Crippen LogP contribution is 2.73. The number of Topliss-reactive ketones (excluding diaryl/α,β-unsaturated/α-hetero) is 1. The van der Waals surface area contributed by atoms with E-state index in [1.807, 2.05) is 30.3 Å². The highest BCUT2D eigenvalue weighted by Gasteiger charge is 2.69. The second-order valence-electron chi connectivity index (χ2n) is 12.0. The number of benzene rings is 1. The van der Waals surface area contributed by atoms with Gasteiger partial charge in [-0.25, -0.2) is 4.79 Å². The van der Waals surface area contributed by atoms with E-state index in [0.717, 1.165) is 43.9 Å². The van der Waals surface area contributed by atoms with Crippen LogP contribution < -0.4 is 0 Å². The topological polar surface area (TPSA) is 43.4 Å². The van der Waals surface area contributed by atoms with E-state index in [0.29, 0.717) is 28.6 Å². The Morgan fingerprint density at radius 3 is 2.55 bits per heavy atom. The number of rotatable bonds is 2. The largest absolute Gasteiger partial charge is 0.459 e. The fourth-order valence-corrected chi connectivity index (χ4v) is 11.0. The van der Waals surface area contributed by atoms with Gasteiger partial charge in [-0.05, 0) is 111 Å². The monoisotopic (exact) mass is 576 g/mol. The van der Waals surface area contributed by atoms with Crippen LogP contribution in [0.5, 0.6) is 0 Å². The third-order valence-electron chi connectivity index (χ3n) is 10.8. The Balaban J connectivity index is 1.18. The maximum Gasteiger partial charge on any atom is 0.338 e. The number of esters is 1. The average molecular weight is 578 g/mol. The van der Waals surface area contributed by atoms with Crippen LogP contribution in [0.2, 0.25) is 0 Å². The lowest BCUT2D eigenvalue weighted by molar-refractivity contribution is -0.134. The molecule has 0 heterocycles. The van der Waals surface area contributed by atoms with Crippen LogP contribution in [0.1, 0.15) is 81.5 Å². The number of hydrogen-bond donors (Lipinski definition) is 0. The molecule has 6 rings (SSSR count). The van der Waals surface area contributed by atoms with Gasteiger partial charge < -0.3 is 4.74 Å². The molecular formula is C28H34Br2O3. The predicted molar refractivity (Wildman–Crippen MR) is 135 cm³/mol. The summed E-state index contributed by atoms with van der Waals surface area (Å²) in [6.07, 6.45) is 11.5. The first kappa shape index (κ1) is 22.8. The number of carbonyl (C=O) groups excluding carboxylic acids is 2. The van der Waals surface area contributed by atoms with Crippen LogP contribution in [0, 0.1) is 40.4 Å². The molecule has 0 amide bonds. The molecule has 0 aromatic heterocycles. The molecule has 1 aromatic carbocycles. The molecule has 1 aromatic rings. The van der Waals surface area contributed by atoms with Crippen LogP contribution in [0.4, 0.5) is 0 Å². The zero-order valence-corrected chi connectivity index (χ0v) is 22.6. The molecule has 0 N–H and O–H groups in total. The van der Waals surface area contributed by atoms with Gasteiger partial charge in [-0.1, -0.05) is 57.0 Å². The van der Waals surface area contributed by atoms with Crippen LogP contribution in [0.25, 0.3) is 0 Å². The van der Waals surface area contributed by atoms with E-state index in [-0.39, 0.29) is 23.4 Å². The van der Waals surface area contributed by atoms with Gasteiger partial charge in [0.15, 0.2) is 5.78 Å². The highest BCUT2D eigenvalue weighted by molar-refractivity contribution is 9.26. The second kappa shape index (κ2) is 7.91. The number of alkyl halides is 2. The van der Waals surface area contributed by atoms with E-state index in [4.69, 9.17) is 4.74 Å². The molecule has 0 aliphatic heterocycles. The van der Waals surface area contributed by atoms with Crippen molar-refractivity contribution in [3.05, 3.63) is 35.9 Å². The fourth-order valence-electron chi connectivity index (χ4n) is 9.42. The maximum atomic E-state index is 13.1. The Bertz CT molecular complexity index is 961. The number of halogens is 2. The van der Waals surface area contributed by atoms with E-state index in [9.17, 15) is 9.59 Å². The summed E-state index contributed by atoms with van der Waals surface area (Å²) in [4.78, 5) is 25.7. The maximum absolute atomic E-state index is 13.1. The minimum absolute atomic E-state index is 0.0491. The molecule has 4 unspecified atom stereocenters. The first-order valence-electron chi connectivity index (χ1n) is 12.9. The summed E-state index contributed by atoms with van der Waals surface area (Å²) in [6.45, 7) is 2.55. The van der Waals surface area contributed by atoms with Crippen molar-refractivity contribution < 1.29 is 14.3 Å². The number of fused-ring (bicyclic) bond motifs is 4. The van der Waals surface area contributed by atoms with Crippen molar-refractivity contribution in [1.82, 2.24) is 0 Å². The third kappa shape index (κ3) is 3.37. The Kier molecular flexibility index (Phi) is 5.46. The van der Waals surface area contributed by atoms with E-state index >= 15 is 0 Å². The summed E-state index contributed by atoms with van der Waals surface area (Å²) in [5, 5.41) is 0. The van der Waals surface area contributed by atoms with Gasteiger partial charge >= 0.3 is 5.97 Å². The summed E-state index contributed by atoms with van der Waals surface area (Å²) in [6, 6.07) is 9.41. The van der Waals surface area contributed by atoms with Crippen LogP contribution in [0.3, 0.4) is 0 Å². The van der Waals surface area contributed by atoms with Crippen molar-refractivity contribution >= 4 is 43.6 Å². The van der Waals surface area contributed by atoms with Crippen LogP contribution in [-0.4, -0.2) is 21.1 Å². The molecule has 1 spiro atoms. The summed E-state index contributed by atoms with van der Waals surface area (Å²) in [5.74, 6) is 3.35. The number of hydrogen-bond acceptors (Lipinski definition) is 3. The van der Waals surface area contributed by atoms with Gasteiger partial charge in [-0.3, -0.25) is 4.79 Å². The molecule has 178 valence electrons. The van der Waals surface area contributed by atoms with Crippen molar-refractivity contribution in [3.63, 3.8) is 0 Å². The van der Waals surface area contributed by atoms with Gasteiger partial charge in [-0.15, -0.1) is 0 Å². The number of ketones is 1. The summed E-state index contributed by atoms with van der Waals surface area (Å²) < 4.78 is 5.49. The number of ether oxygens (including phenoxy) is 1. The van der Waals surface area contributed by atoms with Gasteiger partial charge in [0.1, 0.15) is 9.34 Å². The lowest BCUT2D eigenvalue weighted by Gasteiger charge is -2.61. The summed E-state index contributed by atoms with van der Waals surface area (Å²) in [5.41, 5.74) is 1.22. The average Bonchev–Trinajstić information content (AvgIpc) is 3.25. The lowest BCUT2D eigenvalue weighted by Crippen LogP contribution is -2.54. The fraction of sp³-hybridized carbons (Fsp3) is 0.714. The molecule has 0 saturated heterocycles. The van der Waals surface area contributed by atoms with Gasteiger partial charge in [0.25, 0.3) is 0 Å². The Labute approximate surface area is 214 Å². The highest BCUT2D eigenvalue weighted by atomic mass is 79.9. The van der Waals surface area contributed by atoms with Gasteiger partial charge in [0.2, 0.25) is 0 Å². The molecule has 0 bridgehead atoms. The van der Waals surface area contributed by atoms with Crippen LogP contribution in [-0.2, 0) is 9.53 Å². The number of carbonyl (C=O) groups is 2. The predicted octanol–water partition coefficient (Wildman–Crippen LogP) is 7.31. The van der Waals surface area contributed by atoms with E-state index in [1.54, 1.807) is 0 Å². The molecule has 0 radical (unpaired) electrons. The molecule has 5 aliphatic rings. The van der Waals surface area contributed by atoms with Crippen molar-refractivity contribution in [3.8, 4) is 0 Å². The smallest absolute Gasteiger partial charge is 0.338 e. The third-order valence-corrected chi connectivity index (χ3v) is 12.2. The molecule has 33 heavy (non-hydrogen) atoms. The van der Waals surface area contributed by atoms with E-state index in [2.05, 4.69) is 38.8 Å². The summed E-state index contributed by atoms with van der Waals surface area (Å²) in [7, 11) is 0. The van der Waals surface area contributed by atoms with Crippen LogP contribution in [0.15, 0.2) is 30.3 Å². The quantitative estimate of drug-likeness (QED) is 0.273. The van der Waals surface area contributed by atoms with Gasteiger partial charge in [-0.2, -0.15) is 0 Å². The molecule has 5 saturated carbocycles. The molecule has 3 nitrogen and oxygen atoms in total. The summed E-state index contributed by atoms with van der Waals surface area (Å²) >= 11 is 7.49. The van der Waals surface area contributed by atoms with Gasteiger partial charge in [0.05, 0.1) is 5.56 Å². The van der Waals surface area contributed by atoms with Crippen molar-refractivity contribution in [1.29, 1.82) is 0 Å². The van der Waals surface area contributed by atoms with E-state index < -0.39 is 3.23 Å². The first-order chi connectivity index (χ1) is 15.7. The molecule has 5 aliphatic carbocycles. The Morgan fingerprint density at radius 2 is 1.76 bits per heavy atom. The second-order valence-corrected chi connectivity index (χ2v) is 15.7. The van der Waals surface area contributed by atoms with Crippen LogP contribution >= 0.6 is 31.9 Å². The standard InChI is InChI=1S/C28H34Br2O3/c1-26-13-11-19(33-25(32)17-5-3-2-4-6-17)15-18(26)7-8-20-21(26)12-14-27-16-28(29,30)24(31)23(27)10-9-22(20)27/h2-6,18-23H,7-16H2,1H3/t18-,19+,20?,21?,22?,23?,26-,27+/m0/s1. The molecule has 5 heteroatoms. The SMILES string of the molecule is C[C@]12CC[C@@H](OC(=O)c3ccccc3)C[C@@H]1CCC1C3CCC4C(=O)C(Br)(Br)C[C@@]43CCC12. The van der Waals surface area contributed by atoms with Crippen molar-refractivity contribution in [2.75, 3.05) is 0 Å². The van der Waals surface area contributed by atoms with Gasteiger partial charge in [0, 0.05) is 5.92 Å². The molecule has 5 fully saturated rings.